The summed E-state index contributed by atoms with van der Waals surface area (Å²) in [7, 11) is 3.17. The molecule has 1 saturated heterocycles. The van der Waals surface area contributed by atoms with E-state index in [1.54, 1.807) is 44.6 Å². The normalized spacial score (nSPS) is 16.5. The number of anilines is 1. The average molecular weight is 383 g/mol. The topological polar surface area (TPSA) is 81.2 Å². The lowest BCUT2D eigenvalue weighted by atomic mass is 10.2. The number of benzene rings is 2. The SMILES string of the molecule is COc1cc(NC(=NCC2CCCO2)NC(=O)c2ccccc2)cc(OC)c1. The van der Waals surface area contributed by atoms with Crippen LogP contribution in [0, 0.1) is 0 Å². The molecule has 2 N–H and O–H groups in total. The van der Waals surface area contributed by atoms with E-state index in [-0.39, 0.29) is 12.0 Å². The average Bonchev–Trinajstić information content (AvgIpc) is 3.26. The summed E-state index contributed by atoms with van der Waals surface area (Å²) in [4.78, 5) is 17.1. The van der Waals surface area contributed by atoms with Crippen molar-refractivity contribution in [2.24, 2.45) is 4.99 Å². The maximum Gasteiger partial charge on any atom is 0.257 e. The van der Waals surface area contributed by atoms with E-state index in [4.69, 9.17) is 14.2 Å². The second-order valence-corrected chi connectivity index (χ2v) is 6.37. The number of guanidine groups is 1. The lowest BCUT2D eigenvalue weighted by Gasteiger charge is -2.15. The van der Waals surface area contributed by atoms with Gasteiger partial charge in [-0.15, -0.1) is 0 Å². The Morgan fingerprint density at radius 1 is 1.14 bits per heavy atom. The molecule has 7 nitrogen and oxygen atoms in total. The van der Waals surface area contributed by atoms with Crippen LogP contribution in [0.3, 0.4) is 0 Å². The number of rotatable bonds is 6. The van der Waals surface area contributed by atoms with Crippen LogP contribution in [-0.2, 0) is 4.74 Å². The van der Waals surface area contributed by atoms with Crippen LogP contribution in [0.2, 0.25) is 0 Å². The van der Waals surface area contributed by atoms with Crippen LogP contribution in [-0.4, -0.2) is 45.3 Å². The minimum atomic E-state index is -0.242. The van der Waals surface area contributed by atoms with Gasteiger partial charge < -0.3 is 19.5 Å². The Bertz CT molecular complexity index is 795. The molecule has 7 heteroatoms. The van der Waals surface area contributed by atoms with E-state index in [1.807, 2.05) is 18.2 Å². The number of methoxy groups -OCH3 is 2. The minimum Gasteiger partial charge on any atom is -0.497 e. The van der Waals surface area contributed by atoms with E-state index in [1.165, 1.54) is 0 Å². The molecule has 148 valence electrons. The Hall–Kier alpha value is -3.06. The van der Waals surface area contributed by atoms with Gasteiger partial charge in [0, 0.05) is 36.1 Å². The zero-order valence-electron chi connectivity index (χ0n) is 16.1. The largest absolute Gasteiger partial charge is 0.497 e. The summed E-state index contributed by atoms with van der Waals surface area (Å²) in [6.07, 6.45) is 2.08. The van der Waals surface area contributed by atoms with Crippen LogP contribution in [0.1, 0.15) is 23.2 Å². The molecule has 0 saturated carbocycles. The molecule has 1 unspecified atom stereocenters. The fourth-order valence-corrected chi connectivity index (χ4v) is 2.88. The molecule has 0 aromatic heterocycles. The van der Waals surface area contributed by atoms with Gasteiger partial charge in [0.2, 0.25) is 5.96 Å². The summed E-state index contributed by atoms with van der Waals surface area (Å²) in [5, 5.41) is 6.00. The predicted octanol–water partition coefficient (Wildman–Crippen LogP) is 3.08. The second kappa shape index (κ2) is 9.75. The third kappa shape index (κ3) is 5.47. The Labute approximate surface area is 164 Å². The molecule has 1 atom stereocenters. The Balaban J connectivity index is 1.79. The van der Waals surface area contributed by atoms with Crippen molar-refractivity contribution in [1.29, 1.82) is 0 Å². The van der Waals surface area contributed by atoms with Gasteiger partial charge in [0.15, 0.2) is 0 Å². The fraction of sp³-hybridized carbons (Fsp3) is 0.333. The molecule has 1 aliphatic heterocycles. The van der Waals surface area contributed by atoms with Crippen LogP contribution >= 0.6 is 0 Å². The van der Waals surface area contributed by atoms with Crippen molar-refractivity contribution in [3.05, 3.63) is 54.1 Å². The summed E-state index contributed by atoms with van der Waals surface area (Å²) in [5.41, 5.74) is 1.24. The summed E-state index contributed by atoms with van der Waals surface area (Å²) in [6.45, 7) is 1.23. The Morgan fingerprint density at radius 3 is 2.46 bits per heavy atom. The third-order valence-corrected chi connectivity index (χ3v) is 4.36. The maximum atomic E-state index is 12.6. The van der Waals surface area contributed by atoms with E-state index in [9.17, 15) is 4.79 Å². The fourth-order valence-electron chi connectivity index (χ4n) is 2.88. The molecule has 0 bridgehead atoms. The van der Waals surface area contributed by atoms with Crippen LogP contribution < -0.4 is 20.1 Å². The highest BCUT2D eigenvalue weighted by Crippen LogP contribution is 2.25. The highest BCUT2D eigenvalue weighted by molar-refractivity contribution is 6.10. The molecule has 3 rings (SSSR count). The summed E-state index contributed by atoms with van der Waals surface area (Å²) < 4.78 is 16.2. The Kier molecular flexibility index (Phi) is 6.86. The van der Waals surface area contributed by atoms with Crippen molar-refractivity contribution in [3.8, 4) is 11.5 Å². The van der Waals surface area contributed by atoms with Crippen molar-refractivity contribution in [1.82, 2.24) is 5.32 Å². The van der Waals surface area contributed by atoms with Gasteiger partial charge in [0.25, 0.3) is 5.91 Å². The van der Waals surface area contributed by atoms with E-state index >= 15 is 0 Å². The smallest absolute Gasteiger partial charge is 0.257 e. The van der Waals surface area contributed by atoms with Gasteiger partial charge in [-0.3, -0.25) is 10.1 Å². The van der Waals surface area contributed by atoms with E-state index in [0.29, 0.717) is 35.3 Å². The van der Waals surface area contributed by atoms with Gasteiger partial charge in [-0.2, -0.15) is 0 Å². The minimum absolute atomic E-state index is 0.0743. The van der Waals surface area contributed by atoms with Gasteiger partial charge in [0.05, 0.1) is 26.9 Å². The number of carbonyl (C=O) groups excluding carboxylic acids is 1. The van der Waals surface area contributed by atoms with Gasteiger partial charge in [0.1, 0.15) is 11.5 Å². The van der Waals surface area contributed by atoms with Crippen LogP contribution in [0.4, 0.5) is 5.69 Å². The summed E-state index contributed by atoms with van der Waals surface area (Å²) >= 11 is 0. The lowest BCUT2D eigenvalue weighted by molar-refractivity contribution is 0.0975. The van der Waals surface area contributed by atoms with Crippen molar-refractivity contribution in [3.63, 3.8) is 0 Å². The molecule has 0 aliphatic carbocycles. The molecule has 1 heterocycles. The second-order valence-electron chi connectivity index (χ2n) is 6.37. The standard InChI is InChI=1S/C21H25N3O4/c1-26-18-11-16(12-19(13-18)27-2)23-21(22-14-17-9-6-10-28-17)24-20(25)15-7-4-3-5-8-15/h3-5,7-8,11-13,17H,6,9-10,14H2,1-2H3,(H2,22,23,24,25). The van der Waals surface area contributed by atoms with Gasteiger partial charge >= 0.3 is 0 Å². The van der Waals surface area contributed by atoms with Crippen molar-refractivity contribution < 1.29 is 19.0 Å². The first-order chi connectivity index (χ1) is 13.7. The number of ether oxygens (including phenoxy) is 3. The van der Waals surface area contributed by atoms with Gasteiger partial charge in [-0.05, 0) is 25.0 Å². The van der Waals surface area contributed by atoms with Crippen LogP contribution in [0.5, 0.6) is 11.5 Å². The zero-order valence-corrected chi connectivity index (χ0v) is 16.1. The summed E-state index contributed by atoms with van der Waals surface area (Å²) in [6, 6.07) is 14.4. The number of carbonyl (C=O) groups is 1. The van der Waals surface area contributed by atoms with Gasteiger partial charge in [-0.25, -0.2) is 4.99 Å². The molecule has 0 radical (unpaired) electrons. The van der Waals surface area contributed by atoms with Gasteiger partial charge in [-0.1, -0.05) is 18.2 Å². The zero-order chi connectivity index (χ0) is 19.8. The number of nitrogens with zero attached hydrogens (tertiary/aromatic N) is 1. The molecule has 2 aromatic rings. The van der Waals surface area contributed by atoms with Crippen molar-refractivity contribution in [2.45, 2.75) is 18.9 Å². The number of hydrogen-bond acceptors (Lipinski definition) is 5. The first kappa shape index (κ1) is 19.7. The molecular formula is C21H25N3O4. The first-order valence-corrected chi connectivity index (χ1v) is 9.20. The number of amides is 1. The predicted molar refractivity (Wildman–Crippen MR) is 108 cm³/mol. The highest BCUT2D eigenvalue weighted by atomic mass is 16.5. The van der Waals surface area contributed by atoms with E-state index < -0.39 is 0 Å². The number of hydrogen-bond donors (Lipinski definition) is 2. The number of nitrogens with one attached hydrogen (secondary N) is 2. The molecule has 1 aliphatic rings. The lowest BCUT2D eigenvalue weighted by Crippen LogP contribution is -2.36. The van der Waals surface area contributed by atoms with Crippen LogP contribution in [0.25, 0.3) is 0 Å². The maximum absolute atomic E-state index is 12.6. The molecule has 2 aromatic carbocycles. The molecule has 28 heavy (non-hydrogen) atoms. The monoisotopic (exact) mass is 383 g/mol. The molecule has 1 amide bonds. The van der Waals surface area contributed by atoms with E-state index in [2.05, 4.69) is 15.6 Å². The van der Waals surface area contributed by atoms with Crippen LogP contribution in [0.15, 0.2) is 53.5 Å². The van der Waals surface area contributed by atoms with Crippen molar-refractivity contribution in [2.75, 3.05) is 32.7 Å². The highest BCUT2D eigenvalue weighted by Gasteiger charge is 2.16. The number of aliphatic imine (C=N–C) groups is 1. The van der Waals surface area contributed by atoms with Crippen molar-refractivity contribution >= 4 is 17.6 Å². The quantitative estimate of drug-likeness (QED) is 0.592. The third-order valence-electron chi connectivity index (χ3n) is 4.36. The Morgan fingerprint density at radius 2 is 1.86 bits per heavy atom. The summed E-state index contributed by atoms with van der Waals surface area (Å²) in [5.74, 6) is 1.37. The molecule has 1 fully saturated rings. The molecular weight excluding hydrogens is 358 g/mol. The van der Waals surface area contributed by atoms with E-state index in [0.717, 1.165) is 19.4 Å². The molecule has 0 spiro atoms. The first-order valence-electron chi connectivity index (χ1n) is 9.20.